The monoisotopic (exact) mass is 770 g/mol. The van der Waals surface area contributed by atoms with Crippen molar-refractivity contribution >= 4 is 82.4 Å². The summed E-state index contributed by atoms with van der Waals surface area (Å²) in [6, 6.07) is 22.2. The van der Waals surface area contributed by atoms with E-state index in [1.807, 2.05) is 0 Å². The molecule has 6 rings (SSSR count). The average molecular weight is 771 g/mol. The summed E-state index contributed by atoms with van der Waals surface area (Å²) in [5, 5.41) is 32.4. The molecule has 54 heavy (non-hydrogen) atoms. The molecule has 4 amide bonds. The second kappa shape index (κ2) is 14.1. The zero-order chi connectivity index (χ0) is 39.1. The van der Waals surface area contributed by atoms with Crippen LogP contribution in [-0.2, 0) is 20.2 Å². The van der Waals surface area contributed by atoms with Crippen molar-refractivity contribution in [2.75, 3.05) is 10.6 Å². The van der Waals surface area contributed by atoms with E-state index in [0.29, 0.717) is 33.3 Å². The summed E-state index contributed by atoms with van der Waals surface area (Å²) >= 11 is 0. The number of phenolic OH excluding ortho intramolecular Hbond substituents is 2. The molecule has 0 aliphatic carbocycles. The molecule has 6 aromatic carbocycles. The molecule has 0 atom stereocenters. The van der Waals surface area contributed by atoms with Gasteiger partial charge in [0.2, 0.25) is 0 Å². The van der Waals surface area contributed by atoms with Gasteiger partial charge >= 0.3 is 6.03 Å². The molecule has 15 nitrogen and oxygen atoms in total. The smallest absolute Gasteiger partial charge is 0.328 e. The highest BCUT2D eigenvalue weighted by molar-refractivity contribution is 7.86. The topological polar surface area (TPSA) is 249 Å². The Labute approximate surface area is 307 Å². The van der Waals surface area contributed by atoms with Crippen molar-refractivity contribution in [3.63, 3.8) is 0 Å². The van der Waals surface area contributed by atoms with Crippen LogP contribution in [0.2, 0.25) is 0 Å². The molecular formula is C37H30N4O11S2. The Morgan fingerprint density at radius 3 is 1.28 bits per heavy atom. The molecule has 0 heterocycles. The molecule has 0 aliphatic rings. The predicted molar refractivity (Wildman–Crippen MR) is 200 cm³/mol. The fraction of sp³-hybridized carbons (Fsp3) is 0.0541. The molecule has 8 N–H and O–H groups in total. The summed E-state index contributed by atoms with van der Waals surface area (Å²) in [4.78, 5) is 37.7. The number of carbonyl (C=O) groups excluding carboxylic acids is 3. The molecule has 0 aromatic heterocycles. The number of rotatable bonds is 8. The van der Waals surface area contributed by atoms with Crippen molar-refractivity contribution < 1.29 is 50.5 Å². The number of nitrogens with one attached hydrogen (secondary N) is 4. The fourth-order valence-electron chi connectivity index (χ4n) is 5.96. The lowest BCUT2D eigenvalue weighted by molar-refractivity contribution is 0.0944. The number of hydrogen-bond donors (Lipinski definition) is 8. The van der Waals surface area contributed by atoms with Gasteiger partial charge in [0.15, 0.2) is 0 Å². The second-order valence-corrected chi connectivity index (χ2v) is 14.9. The minimum absolute atomic E-state index is 0.0819. The quantitative estimate of drug-likeness (QED) is 0.0628. The number of amides is 4. The van der Waals surface area contributed by atoms with Crippen LogP contribution in [0.3, 0.4) is 0 Å². The Balaban J connectivity index is 1.11. The molecule has 0 unspecified atom stereocenters. The lowest BCUT2D eigenvalue weighted by Gasteiger charge is -2.15. The number of anilines is 4. The molecule has 276 valence electrons. The van der Waals surface area contributed by atoms with Crippen molar-refractivity contribution in [1.29, 1.82) is 0 Å². The van der Waals surface area contributed by atoms with Crippen LogP contribution in [0.5, 0.6) is 11.5 Å². The highest BCUT2D eigenvalue weighted by Crippen LogP contribution is 2.40. The molecule has 17 heteroatoms. The SMILES string of the molecule is Cc1cc(Nc2ccc3cccc(S(=O)(=O)O)c3c2O)ccc1C(=O)NC(=O)NC(=O)c1ccc(Nc2ccc3cccc(S(=O)(=O)O)c3c2O)cc1C. The van der Waals surface area contributed by atoms with Gasteiger partial charge in [-0.1, -0.05) is 36.4 Å². The lowest BCUT2D eigenvalue weighted by Crippen LogP contribution is -2.42. The van der Waals surface area contributed by atoms with Gasteiger partial charge in [-0.25, -0.2) is 4.79 Å². The molecule has 6 aromatic rings. The molecule has 0 spiro atoms. The standard InChI is InChI=1S/C37H30N4O11S2/c1-19-17-23(38-27-15-9-21-5-3-7-29(53(47,48)49)31(21)33(27)42)11-13-25(19)35(44)40-37(46)41-36(45)26-14-12-24(18-20(26)2)39-28-16-10-22-6-4-8-30(54(50,51)52)32(22)34(28)43/h3-18,38-39,42-43H,1-2H3,(H,47,48,49)(H,50,51,52)(H2,40,41,44,45,46). The van der Waals surface area contributed by atoms with Crippen LogP contribution in [0, 0.1) is 13.8 Å². The molecule has 0 bridgehead atoms. The van der Waals surface area contributed by atoms with E-state index in [2.05, 4.69) is 21.3 Å². The van der Waals surface area contributed by atoms with Gasteiger partial charge < -0.3 is 20.8 Å². The Kier molecular flexibility index (Phi) is 9.74. The predicted octanol–water partition coefficient (Wildman–Crippen LogP) is 6.28. The molecule has 0 saturated carbocycles. The van der Waals surface area contributed by atoms with Crippen LogP contribution in [0.1, 0.15) is 31.8 Å². The van der Waals surface area contributed by atoms with Crippen molar-refractivity contribution in [3.8, 4) is 11.5 Å². The molecule has 0 fully saturated rings. The van der Waals surface area contributed by atoms with Gasteiger partial charge in [0, 0.05) is 33.3 Å². The lowest BCUT2D eigenvalue weighted by atomic mass is 10.1. The van der Waals surface area contributed by atoms with Gasteiger partial charge in [-0.05, 0) is 96.4 Å². The number of phenols is 2. The van der Waals surface area contributed by atoms with E-state index in [9.17, 15) is 50.5 Å². The van der Waals surface area contributed by atoms with Gasteiger partial charge in [0.25, 0.3) is 32.1 Å². The van der Waals surface area contributed by atoms with Crippen LogP contribution in [-0.4, -0.2) is 54.0 Å². The van der Waals surface area contributed by atoms with Gasteiger partial charge in [-0.3, -0.25) is 29.3 Å². The fourth-order valence-corrected chi connectivity index (χ4v) is 7.41. The van der Waals surface area contributed by atoms with Crippen molar-refractivity contribution in [3.05, 3.63) is 119 Å². The Morgan fingerprint density at radius 1 is 0.537 bits per heavy atom. The molecule has 0 aliphatic heterocycles. The van der Waals surface area contributed by atoms with E-state index in [4.69, 9.17) is 0 Å². The largest absolute Gasteiger partial charge is 0.505 e. The summed E-state index contributed by atoms with van der Waals surface area (Å²) in [7, 11) is -9.28. The number of urea groups is 1. The summed E-state index contributed by atoms with van der Waals surface area (Å²) in [6.07, 6.45) is 0. The van der Waals surface area contributed by atoms with E-state index < -0.39 is 59.4 Å². The molecule has 0 radical (unpaired) electrons. The maximum atomic E-state index is 13.0. The van der Waals surface area contributed by atoms with Crippen LogP contribution >= 0.6 is 0 Å². The number of aryl methyl sites for hydroxylation is 2. The Hall–Kier alpha value is -6.53. The number of fused-ring (bicyclic) bond motifs is 2. The maximum absolute atomic E-state index is 13.0. The number of aromatic hydroxyl groups is 2. The molecule has 0 saturated heterocycles. The summed E-state index contributed by atoms with van der Waals surface area (Å²) in [6.45, 7) is 3.17. The minimum atomic E-state index is -4.64. The molecular weight excluding hydrogens is 741 g/mol. The van der Waals surface area contributed by atoms with Gasteiger partial charge in [-0.2, -0.15) is 16.8 Å². The van der Waals surface area contributed by atoms with E-state index in [-0.39, 0.29) is 33.3 Å². The average Bonchev–Trinajstić information content (AvgIpc) is 3.09. The van der Waals surface area contributed by atoms with Crippen LogP contribution in [0.4, 0.5) is 27.5 Å². The third-order valence-electron chi connectivity index (χ3n) is 8.47. The van der Waals surface area contributed by atoms with E-state index in [1.165, 1.54) is 48.5 Å². The first-order valence-corrected chi connectivity index (χ1v) is 18.7. The van der Waals surface area contributed by atoms with Gasteiger partial charge in [0.05, 0.1) is 11.4 Å². The summed E-state index contributed by atoms with van der Waals surface area (Å²) in [5.74, 6) is -2.49. The number of carbonyl (C=O) groups is 3. The maximum Gasteiger partial charge on any atom is 0.328 e. The van der Waals surface area contributed by atoms with Crippen LogP contribution in [0.15, 0.2) is 107 Å². The zero-order valence-corrected chi connectivity index (χ0v) is 29.8. The normalized spacial score (nSPS) is 11.6. The van der Waals surface area contributed by atoms with Crippen LogP contribution < -0.4 is 21.3 Å². The number of benzene rings is 6. The third kappa shape index (κ3) is 7.50. The summed E-state index contributed by atoms with van der Waals surface area (Å²) < 4.78 is 66.8. The van der Waals surface area contributed by atoms with Gasteiger partial charge in [-0.15, -0.1) is 0 Å². The second-order valence-electron chi connectivity index (χ2n) is 12.1. The van der Waals surface area contributed by atoms with E-state index in [0.717, 1.165) is 12.1 Å². The minimum Gasteiger partial charge on any atom is -0.505 e. The van der Waals surface area contributed by atoms with Crippen molar-refractivity contribution in [2.45, 2.75) is 23.6 Å². The summed E-state index contributed by atoms with van der Waals surface area (Å²) in [5.41, 5.74) is 2.02. The van der Waals surface area contributed by atoms with E-state index in [1.54, 1.807) is 50.2 Å². The van der Waals surface area contributed by atoms with Crippen molar-refractivity contribution in [2.24, 2.45) is 0 Å². The van der Waals surface area contributed by atoms with E-state index >= 15 is 0 Å². The number of hydrogen-bond acceptors (Lipinski definition) is 11. The Morgan fingerprint density at radius 2 is 0.926 bits per heavy atom. The zero-order valence-electron chi connectivity index (χ0n) is 28.2. The third-order valence-corrected chi connectivity index (χ3v) is 10.3. The van der Waals surface area contributed by atoms with Crippen LogP contribution in [0.25, 0.3) is 21.5 Å². The first-order chi connectivity index (χ1) is 25.4. The first kappa shape index (κ1) is 37.2. The highest BCUT2D eigenvalue weighted by atomic mass is 32.2. The van der Waals surface area contributed by atoms with Crippen molar-refractivity contribution in [1.82, 2.24) is 10.6 Å². The highest BCUT2D eigenvalue weighted by Gasteiger charge is 2.22. The first-order valence-electron chi connectivity index (χ1n) is 15.8. The Bertz CT molecular complexity index is 2600. The van der Waals surface area contributed by atoms with Gasteiger partial charge in [0.1, 0.15) is 21.3 Å². The number of imide groups is 2.